The van der Waals surface area contributed by atoms with Crippen molar-refractivity contribution in [2.45, 2.75) is 32.6 Å². The van der Waals surface area contributed by atoms with Crippen LogP contribution < -0.4 is 10.6 Å². The number of hydrogen-bond donors (Lipinski definition) is 3. The van der Waals surface area contributed by atoms with Gasteiger partial charge in [0, 0.05) is 6.54 Å². The van der Waals surface area contributed by atoms with Gasteiger partial charge in [-0.15, -0.1) is 0 Å². The summed E-state index contributed by atoms with van der Waals surface area (Å²) in [5.74, 6) is 0. The third kappa shape index (κ3) is 10.5. The van der Waals surface area contributed by atoms with Crippen LogP contribution in [0.5, 0.6) is 0 Å². The molecule has 0 amide bonds. The van der Waals surface area contributed by atoms with Crippen LogP contribution >= 0.6 is 6.57 Å². The lowest BCUT2D eigenvalue weighted by Gasteiger charge is -2.09. The smallest absolute Gasteiger partial charge is 0.192 e. The van der Waals surface area contributed by atoms with Crippen molar-refractivity contribution in [1.29, 1.82) is 0 Å². The van der Waals surface area contributed by atoms with Gasteiger partial charge in [0.2, 0.25) is 0 Å². The van der Waals surface area contributed by atoms with Gasteiger partial charge in [-0.05, 0) is 18.2 Å². The first kappa shape index (κ1) is 11.5. The average Bonchev–Trinajstić information content (AvgIpc) is 1.85. The summed E-state index contributed by atoms with van der Waals surface area (Å²) in [6, 6.07) is 0. The Morgan fingerprint density at radius 3 is 2.55 bits per heavy atom. The van der Waals surface area contributed by atoms with Gasteiger partial charge in [0.15, 0.2) is 6.57 Å². The average molecular weight is 196 g/mol. The van der Waals surface area contributed by atoms with Crippen LogP contribution in [0.1, 0.15) is 32.6 Å². The molecule has 0 saturated carbocycles. The van der Waals surface area contributed by atoms with Crippen molar-refractivity contribution in [3.63, 3.8) is 0 Å². The normalized spacial score (nSPS) is 16.3. The highest BCUT2D eigenvalue weighted by Gasteiger charge is 2.00. The molecule has 0 bridgehead atoms. The highest BCUT2D eigenvalue weighted by Crippen LogP contribution is 2.22. The quantitative estimate of drug-likeness (QED) is 0.443. The van der Waals surface area contributed by atoms with Crippen LogP contribution in [-0.2, 0) is 11.8 Å². The van der Waals surface area contributed by atoms with E-state index in [1.165, 1.54) is 19.3 Å². The second kappa shape index (κ2) is 6.09. The predicted octanol–water partition coefficient (Wildman–Crippen LogP) is 1.33. The summed E-state index contributed by atoms with van der Waals surface area (Å²) in [4.78, 5) is 8.97. The van der Waals surface area contributed by atoms with E-state index in [2.05, 4.69) is 23.8 Å². The third-order valence-electron chi connectivity index (χ3n) is 1.37. The largest absolute Gasteiger partial charge is 0.343 e. The molecule has 68 valence electrons. The molecule has 11 heavy (non-hydrogen) atoms. The summed E-state index contributed by atoms with van der Waals surface area (Å²) >= 11 is 4.60. The molecule has 1 unspecified atom stereocenters. The molecule has 0 rings (SSSR count). The molecule has 0 aromatic heterocycles. The van der Waals surface area contributed by atoms with Crippen molar-refractivity contribution < 1.29 is 4.89 Å². The van der Waals surface area contributed by atoms with Gasteiger partial charge in [0.1, 0.15) is 0 Å². The van der Waals surface area contributed by atoms with Crippen LogP contribution in [-0.4, -0.2) is 11.4 Å². The molecule has 0 aromatic rings. The molecule has 1 atom stereocenters. The zero-order chi connectivity index (χ0) is 8.74. The van der Waals surface area contributed by atoms with Crippen LogP contribution in [0.25, 0.3) is 0 Å². The minimum absolute atomic E-state index is 0.740. The summed E-state index contributed by atoms with van der Waals surface area (Å²) in [6.45, 7) is 0.269. The van der Waals surface area contributed by atoms with Gasteiger partial charge in [-0.25, -0.2) is 0 Å². The van der Waals surface area contributed by atoms with Crippen LogP contribution in [0.15, 0.2) is 0 Å². The van der Waals surface area contributed by atoms with Crippen molar-refractivity contribution in [2.24, 2.45) is 5.50 Å². The van der Waals surface area contributed by atoms with E-state index in [0.717, 1.165) is 13.0 Å². The lowest BCUT2D eigenvalue weighted by molar-refractivity contribution is 0.590. The maximum atomic E-state index is 8.97. The third-order valence-corrected chi connectivity index (χ3v) is 2.43. The fourth-order valence-corrected chi connectivity index (χ4v) is 1.54. The summed E-state index contributed by atoms with van der Waals surface area (Å²) in [7, 11) is 0. The molecule has 0 aliphatic rings. The van der Waals surface area contributed by atoms with Crippen molar-refractivity contribution >= 4 is 18.4 Å². The Morgan fingerprint density at radius 1 is 1.45 bits per heavy atom. The number of hydrogen-bond acceptors (Lipinski definition) is 1. The fraction of sp³-hybridized carbons (Fsp3) is 1.00. The minimum atomic E-state index is -2.63. The first-order chi connectivity index (χ1) is 5.06. The van der Waals surface area contributed by atoms with Crippen molar-refractivity contribution in [1.82, 2.24) is 5.09 Å². The fourth-order valence-electron chi connectivity index (χ4n) is 0.791. The standard InChI is InChI=1S/C6H17N2OPS/c1-2-3-4-5-6-8-10(7,9)11/h2-6H2,1H3,(H4,7,8,9,11). The Hall–Kier alpha value is 0.530. The van der Waals surface area contributed by atoms with Gasteiger partial charge < -0.3 is 4.89 Å². The van der Waals surface area contributed by atoms with E-state index < -0.39 is 6.57 Å². The molecule has 0 aliphatic heterocycles. The van der Waals surface area contributed by atoms with Crippen LogP contribution in [0.2, 0.25) is 0 Å². The van der Waals surface area contributed by atoms with Crippen LogP contribution in [0, 0.1) is 0 Å². The molecule has 4 N–H and O–H groups in total. The van der Waals surface area contributed by atoms with E-state index in [1.54, 1.807) is 0 Å². The Balaban J connectivity index is 3.09. The van der Waals surface area contributed by atoms with Gasteiger partial charge >= 0.3 is 0 Å². The molecule has 0 heterocycles. The molecule has 0 aliphatic carbocycles. The summed E-state index contributed by atoms with van der Waals surface area (Å²) < 4.78 is 0. The van der Waals surface area contributed by atoms with E-state index in [-0.39, 0.29) is 0 Å². The molecule has 0 aromatic carbocycles. The first-order valence-corrected chi connectivity index (χ1v) is 6.75. The van der Waals surface area contributed by atoms with E-state index in [9.17, 15) is 0 Å². The molecule has 3 nitrogen and oxygen atoms in total. The van der Waals surface area contributed by atoms with Gasteiger partial charge in [-0.3, -0.25) is 10.6 Å². The molecular weight excluding hydrogens is 179 g/mol. The Kier molecular flexibility index (Phi) is 6.38. The Morgan fingerprint density at radius 2 is 2.09 bits per heavy atom. The molecule has 5 heteroatoms. The molecule has 0 fully saturated rings. The van der Waals surface area contributed by atoms with E-state index >= 15 is 0 Å². The van der Waals surface area contributed by atoms with Gasteiger partial charge in [0.25, 0.3) is 0 Å². The SMILES string of the molecule is CCCCCCNP(N)(O)=S. The van der Waals surface area contributed by atoms with Crippen molar-refractivity contribution in [2.75, 3.05) is 6.54 Å². The number of nitrogens with two attached hydrogens (primary N) is 1. The lowest BCUT2D eigenvalue weighted by Crippen LogP contribution is -2.16. The second-order valence-electron chi connectivity index (χ2n) is 2.59. The molecular formula is C6H17N2OPS. The number of unbranched alkanes of at least 4 members (excludes halogenated alkanes) is 3. The van der Waals surface area contributed by atoms with Crippen molar-refractivity contribution in [3.05, 3.63) is 0 Å². The Labute approximate surface area is 73.6 Å². The van der Waals surface area contributed by atoms with E-state index in [1.807, 2.05) is 0 Å². The highest BCUT2D eigenvalue weighted by molar-refractivity contribution is 8.09. The van der Waals surface area contributed by atoms with Crippen molar-refractivity contribution in [3.8, 4) is 0 Å². The summed E-state index contributed by atoms with van der Waals surface area (Å²) in [6.07, 6.45) is 4.68. The number of rotatable bonds is 6. The lowest BCUT2D eigenvalue weighted by atomic mass is 10.2. The predicted molar refractivity (Wildman–Crippen MR) is 52.8 cm³/mol. The highest BCUT2D eigenvalue weighted by atomic mass is 32.4. The maximum Gasteiger partial charge on any atom is 0.192 e. The van der Waals surface area contributed by atoms with Crippen LogP contribution in [0.4, 0.5) is 0 Å². The van der Waals surface area contributed by atoms with E-state index in [4.69, 9.17) is 10.4 Å². The van der Waals surface area contributed by atoms with Gasteiger partial charge in [-0.1, -0.05) is 26.2 Å². The van der Waals surface area contributed by atoms with E-state index in [0.29, 0.717) is 0 Å². The monoisotopic (exact) mass is 196 g/mol. The summed E-state index contributed by atoms with van der Waals surface area (Å²) in [5.41, 5.74) is 5.22. The number of nitrogens with one attached hydrogen (secondary N) is 1. The Bertz CT molecular complexity index is 137. The topological polar surface area (TPSA) is 58.3 Å². The second-order valence-corrected chi connectivity index (χ2v) is 5.82. The zero-order valence-corrected chi connectivity index (χ0v) is 8.63. The molecule has 0 radical (unpaired) electrons. The van der Waals surface area contributed by atoms with Gasteiger partial charge in [-0.2, -0.15) is 0 Å². The molecule has 0 saturated heterocycles. The van der Waals surface area contributed by atoms with Gasteiger partial charge in [0.05, 0.1) is 0 Å². The zero-order valence-electron chi connectivity index (χ0n) is 6.92. The molecule has 0 spiro atoms. The van der Waals surface area contributed by atoms with Crippen LogP contribution in [0.3, 0.4) is 0 Å². The summed E-state index contributed by atoms with van der Waals surface area (Å²) in [5, 5.41) is 2.74. The minimum Gasteiger partial charge on any atom is -0.343 e. The first-order valence-electron chi connectivity index (χ1n) is 3.93. The maximum absolute atomic E-state index is 8.97.